The number of benzene rings is 1. The van der Waals surface area contributed by atoms with E-state index in [0.717, 1.165) is 5.56 Å². The summed E-state index contributed by atoms with van der Waals surface area (Å²) in [6.07, 6.45) is 0. The lowest BCUT2D eigenvalue weighted by Gasteiger charge is -2.09. The van der Waals surface area contributed by atoms with E-state index in [2.05, 4.69) is 5.32 Å². The average Bonchev–Trinajstić information content (AvgIpc) is 2.22. The van der Waals surface area contributed by atoms with Gasteiger partial charge in [0.05, 0.1) is 18.7 Å². The van der Waals surface area contributed by atoms with E-state index in [1.165, 1.54) is 7.11 Å². The molecule has 0 amide bonds. The smallest absolute Gasteiger partial charge is 0.317 e. The quantitative estimate of drug-likeness (QED) is 0.855. The van der Waals surface area contributed by atoms with Crippen LogP contribution in [0.5, 0.6) is 5.75 Å². The van der Waals surface area contributed by atoms with Gasteiger partial charge in [-0.15, -0.1) is 0 Å². The minimum atomic E-state index is -0.921. The van der Waals surface area contributed by atoms with Gasteiger partial charge in [0.15, 0.2) is 0 Å². The molecule has 0 unspecified atom stereocenters. The van der Waals surface area contributed by atoms with Crippen LogP contribution in [0.4, 0.5) is 0 Å². The Labute approximate surface area is 103 Å². The summed E-state index contributed by atoms with van der Waals surface area (Å²) < 4.78 is 4.99. The molecule has 0 saturated heterocycles. The minimum absolute atomic E-state index is 0.125. The van der Waals surface area contributed by atoms with Gasteiger partial charge in [-0.25, -0.2) is 0 Å². The second-order valence-corrected chi connectivity index (χ2v) is 3.89. The Morgan fingerprint density at radius 1 is 1.44 bits per heavy atom. The van der Waals surface area contributed by atoms with Crippen LogP contribution in [0.3, 0.4) is 0 Å². The van der Waals surface area contributed by atoms with Gasteiger partial charge in [0.2, 0.25) is 0 Å². The Balaban J connectivity index is 2.73. The third-order valence-electron chi connectivity index (χ3n) is 1.91. The first-order chi connectivity index (χ1) is 7.54. The molecule has 88 valence electrons. The summed E-state index contributed by atoms with van der Waals surface area (Å²) in [5, 5.41) is 12.1. The number of aliphatic carboxylic acids is 1. The van der Waals surface area contributed by atoms with Crippen LogP contribution in [0.1, 0.15) is 5.56 Å². The molecule has 1 aromatic rings. The van der Waals surface area contributed by atoms with Crippen LogP contribution in [0, 0.1) is 0 Å². The van der Waals surface area contributed by atoms with Gasteiger partial charge in [0.25, 0.3) is 0 Å². The summed E-state index contributed by atoms with van der Waals surface area (Å²) in [5.74, 6) is -0.426. The number of carbonyl (C=O) groups is 1. The van der Waals surface area contributed by atoms with Crippen molar-refractivity contribution in [1.82, 2.24) is 5.32 Å². The molecule has 1 rings (SSSR count). The van der Waals surface area contributed by atoms with Crippen LogP contribution >= 0.6 is 23.2 Å². The normalized spacial score (nSPS) is 10.2. The Bertz CT molecular complexity index is 396. The van der Waals surface area contributed by atoms with Crippen molar-refractivity contribution in [3.05, 3.63) is 27.7 Å². The van der Waals surface area contributed by atoms with Gasteiger partial charge in [0, 0.05) is 17.6 Å². The van der Waals surface area contributed by atoms with Crippen molar-refractivity contribution in [2.24, 2.45) is 0 Å². The molecular formula is C10H11Cl2NO3. The van der Waals surface area contributed by atoms with Gasteiger partial charge < -0.3 is 15.2 Å². The molecule has 4 nitrogen and oxygen atoms in total. The van der Waals surface area contributed by atoms with E-state index in [1.807, 2.05) is 0 Å². The van der Waals surface area contributed by atoms with Crippen LogP contribution in [-0.4, -0.2) is 24.7 Å². The number of halogens is 2. The number of ether oxygens (including phenoxy) is 1. The molecule has 0 spiro atoms. The molecule has 0 atom stereocenters. The molecule has 0 aliphatic rings. The van der Waals surface area contributed by atoms with Crippen molar-refractivity contribution in [1.29, 1.82) is 0 Å². The van der Waals surface area contributed by atoms with E-state index >= 15 is 0 Å². The number of carboxylic acid groups (broad SMARTS) is 1. The van der Waals surface area contributed by atoms with Crippen LogP contribution < -0.4 is 10.1 Å². The zero-order chi connectivity index (χ0) is 12.1. The lowest BCUT2D eigenvalue weighted by molar-refractivity contribution is -0.135. The minimum Gasteiger partial charge on any atom is -0.495 e. The van der Waals surface area contributed by atoms with Gasteiger partial charge in [-0.3, -0.25) is 4.79 Å². The fourth-order valence-electron chi connectivity index (χ4n) is 1.17. The van der Waals surface area contributed by atoms with E-state index < -0.39 is 5.97 Å². The first kappa shape index (κ1) is 13.1. The molecule has 2 N–H and O–H groups in total. The van der Waals surface area contributed by atoms with Crippen molar-refractivity contribution in [3.63, 3.8) is 0 Å². The van der Waals surface area contributed by atoms with Crippen LogP contribution in [0.25, 0.3) is 0 Å². The maximum atomic E-state index is 10.3. The van der Waals surface area contributed by atoms with Gasteiger partial charge in [0.1, 0.15) is 5.75 Å². The molecule has 0 bridgehead atoms. The number of carboxylic acids is 1. The SMILES string of the molecule is COc1cc(Cl)c(CNCC(=O)O)cc1Cl. The summed E-state index contributed by atoms with van der Waals surface area (Å²) in [5.41, 5.74) is 0.730. The first-order valence-corrected chi connectivity index (χ1v) is 5.24. The van der Waals surface area contributed by atoms with E-state index in [1.54, 1.807) is 12.1 Å². The van der Waals surface area contributed by atoms with Gasteiger partial charge in [-0.05, 0) is 11.6 Å². The zero-order valence-electron chi connectivity index (χ0n) is 8.59. The van der Waals surface area contributed by atoms with Crippen LogP contribution in [-0.2, 0) is 11.3 Å². The zero-order valence-corrected chi connectivity index (χ0v) is 10.1. The molecular weight excluding hydrogens is 253 g/mol. The fourth-order valence-corrected chi connectivity index (χ4v) is 1.65. The molecule has 0 radical (unpaired) electrons. The lowest BCUT2D eigenvalue weighted by Crippen LogP contribution is -2.22. The molecule has 0 fully saturated rings. The Kier molecular flexibility index (Phi) is 4.86. The highest BCUT2D eigenvalue weighted by Gasteiger charge is 2.07. The highest BCUT2D eigenvalue weighted by atomic mass is 35.5. The molecule has 1 aromatic carbocycles. The van der Waals surface area contributed by atoms with Crippen LogP contribution in [0.2, 0.25) is 10.0 Å². The number of hydrogen-bond acceptors (Lipinski definition) is 3. The molecule has 0 aliphatic carbocycles. The van der Waals surface area contributed by atoms with Gasteiger partial charge in [-0.1, -0.05) is 23.2 Å². The van der Waals surface area contributed by atoms with E-state index in [9.17, 15) is 4.79 Å². The predicted octanol–water partition coefficient (Wildman–Crippen LogP) is 2.18. The number of hydrogen-bond donors (Lipinski definition) is 2. The highest BCUT2D eigenvalue weighted by molar-refractivity contribution is 6.34. The number of methoxy groups -OCH3 is 1. The highest BCUT2D eigenvalue weighted by Crippen LogP contribution is 2.30. The Morgan fingerprint density at radius 2 is 2.12 bits per heavy atom. The summed E-state index contributed by atoms with van der Waals surface area (Å²) in [7, 11) is 1.50. The molecule has 0 heterocycles. The average molecular weight is 264 g/mol. The fraction of sp³-hybridized carbons (Fsp3) is 0.300. The third-order valence-corrected chi connectivity index (χ3v) is 2.56. The summed E-state index contributed by atoms with van der Waals surface area (Å²) in [6, 6.07) is 3.25. The summed E-state index contributed by atoms with van der Waals surface area (Å²) >= 11 is 11.9. The maximum absolute atomic E-state index is 10.3. The van der Waals surface area contributed by atoms with Gasteiger partial charge >= 0.3 is 5.97 Å². The van der Waals surface area contributed by atoms with Crippen molar-refractivity contribution in [2.75, 3.05) is 13.7 Å². The molecule has 16 heavy (non-hydrogen) atoms. The standard InChI is InChI=1S/C10H11Cl2NO3/c1-16-9-3-7(11)6(2-8(9)12)4-13-5-10(14)15/h2-3,13H,4-5H2,1H3,(H,14,15). The lowest BCUT2D eigenvalue weighted by atomic mass is 10.2. The monoisotopic (exact) mass is 263 g/mol. The molecule has 0 aliphatic heterocycles. The summed E-state index contributed by atoms with van der Waals surface area (Å²) in [4.78, 5) is 10.3. The maximum Gasteiger partial charge on any atom is 0.317 e. The summed E-state index contributed by atoms with van der Waals surface area (Å²) in [6.45, 7) is 0.217. The largest absolute Gasteiger partial charge is 0.495 e. The van der Waals surface area contributed by atoms with Crippen molar-refractivity contribution < 1.29 is 14.6 Å². The number of nitrogens with one attached hydrogen (secondary N) is 1. The molecule has 0 saturated carbocycles. The third kappa shape index (κ3) is 3.56. The van der Waals surface area contributed by atoms with Crippen molar-refractivity contribution in [3.8, 4) is 5.75 Å². The predicted molar refractivity (Wildman–Crippen MR) is 62.4 cm³/mol. The van der Waals surface area contributed by atoms with E-state index in [0.29, 0.717) is 22.3 Å². The number of rotatable bonds is 5. The second-order valence-electron chi connectivity index (χ2n) is 3.08. The van der Waals surface area contributed by atoms with Crippen molar-refractivity contribution in [2.45, 2.75) is 6.54 Å². The second kappa shape index (κ2) is 5.94. The Hall–Kier alpha value is -0.970. The topological polar surface area (TPSA) is 58.6 Å². The van der Waals surface area contributed by atoms with E-state index in [-0.39, 0.29) is 6.54 Å². The molecule has 0 aromatic heterocycles. The van der Waals surface area contributed by atoms with Crippen LogP contribution in [0.15, 0.2) is 12.1 Å². The van der Waals surface area contributed by atoms with E-state index in [4.69, 9.17) is 33.0 Å². The first-order valence-electron chi connectivity index (χ1n) is 4.49. The molecule has 6 heteroatoms. The Morgan fingerprint density at radius 3 is 2.69 bits per heavy atom. The van der Waals surface area contributed by atoms with Gasteiger partial charge in [-0.2, -0.15) is 0 Å². The van der Waals surface area contributed by atoms with Crippen molar-refractivity contribution >= 4 is 29.2 Å².